The number of aromatic nitrogens is 2. The largest absolute Gasteiger partial charge is 0.339 e. The van der Waals surface area contributed by atoms with Crippen LogP contribution in [0.25, 0.3) is 0 Å². The Morgan fingerprint density at radius 2 is 2.28 bits per heavy atom. The molecule has 6 nitrogen and oxygen atoms in total. The third-order valence-corrected chi connectivity index (χ3v) is 5.54. The molecule has 7 heteroatoms. The highest BCUT2D eigenvalue weighted by atomic mass is 32.2. The minimum atomic E-state index is -2.82. The number of nitrogens with zero attached hydrogens (tertiary/aromatic N) is 2. The molecule has 1 N–H and O–H groups in total. The molecule has 0 radical (unpaired) electrons. The monoisotopic (exact) mass is 271 g/mol. The summed E-state index contributed by atoms with van der Waals surface area (Å²) in [5.74, 6) is 2.38. The summed E-state index contributed by atoms with van der Waals surface area (Å²) in [6.07, 6.45) is 2.34. The lowest BCUT2D eigenvalue weighted by Crippen LogP contribution is -2.09. The maximum atomic E-state index is 11.4. The van der Waals surface area contributed by atoms with Crippen molar-refractivity contribution in [2.24, 2.45) is 5.92 Å². The molecule has 3 heterocycles. The normalized spacial score (nSPS) is 30.9. The Kier molecular flexibility index (Phi) is 3.11. The molecule has 0 amide bonds. The van der Waals surface area contributed by atoms with Crippen LogP contribution in [0.15, 0.2) is 4.52 Å². The van der Waals surface area contributed by atoms with Crippen molar-refractivity contribution in [3.63, 3.8) is 0 Å². The quantitative estimate of drug-likeness (QED) is 0.840. The molecular formula is C11H17N3O3S. The van der Waals surface area contributed by atoms with Gasteiger partial charge in [-0.25, -0.2) is 8.42 Å². The molecule has 0 aromatic carbocycles. The zero-order valence-corrected chi connectivity index (χ0v) is 10.9. The molecule has 18 heavy (non-hydrogen) atoms. The third-order valence-electron chi connectivity index (χ3n) is 3.70. The molecule has 2 fully saturated rings. The van der Waals surface area contributed by atoms with Crippen molar-refractivity contribution in [1.82, 2.24) is 15.5 Å². The smallest absolute Gasteiger partial charge is 0.226 e. The van der Waals surface area contributed by atoms with Crippen LogP contribution in [-0.4, -0.2) is 43.2 Å². The van der Waals surface area contributed by atoms with Gasteiger partial charge >= 0.3 is 0 Å². The van der Waals surface area contributed by atoms with Crippen LogP contribution in [0.1, 0.15) is 30.5 Å². The minimum absolute atomic E-state index is 0.144. The fourth-order valence-corrected chi connectivity index (χ4v) is 4.53. The predicted octanol–water partition coefficient (Wildman–Crippen LogP) is 0.124. The molecule has 2 aliphatic heterocycles. The van der Waals surface area contributed by atoms with Gasteiger partial charge in [0.25, 0.3) is 0 Å². The van der Waals surface area contributed by atoms with Crippen LogP contribution in [0, 0.1) is 5.92 Å². The summed E-state index contributed by atoms with van der Waals surface area (Å²) in [5.41, 5.74) is 0. The van der Waals surface area contributed by atoms with Gasteiger partial charge in [-0.1, -0.05) is 5.16 Å². The van der Waals surface area contributed by atoms with Crippen LogP contribution in [0.3, 0.4) is 0 Å². The van der Waals surface area contributed by atoms with Crippen molar-refractivity contribution in [2.45, 2.75) is 25.2 Å². The molecule has 0 bridgehead atoms. The first-order valence-electron chi connectivity index (χ1n) is 6.36. The Morgan fingerprint density at radius 3 is 2.94 bits per heavy atom. The second-order valence-corrected chi connectivity index (χ2v) is 7.44. The van der Waals surface area contributed by atoms with Crippen LogP contribution in [0.5, 0.6) is 0 Å². The molecule has 2 aliphatic rings. The first-order valence-corrected chi connectivity index (χ1v) is 8.18. The minimum Gasteiger partial charge on any atom is -0.339 e. The third kappa shape index (κ3) is 2.56. The molecule has 0 spiro atoms. The summed E-state index contributed by atoms with van der Waals surface area (Å²) >= 11 is 0. The highest BCUT2D eigenvalue weighted by Gasteiger charge is 2.30. The molecule has 100 valence electrons. The predicted molar refractivity (Wildman–Crippen MR) is 65.0 cm³/mol. The molecule has 0 saturated carbocycles. The van der Waals surface area contributed by atoms with E-state index in [9.17, 15) is 8.42 Å². The average Bonchev–Trinajstić information content (AvgIpc) is 2.99. The lowest BCUT2D eigenvalue weighted by Gasteiger charge is -2.02. The van der Waals surface area contributed by atoms with Gasteiger partial charge in [0.2, 0.25) is 5.89 Å². The maximum absolute atomic E-state index is 11.4. The van der Waals surface area contributed by atoms with E-state index in [1.807, 2.05) is 0 Å². The van der Waals surface area contributed by atoms with E-state index < -0.39 is 9.84 Å². The standard InChI is InChI=1S/C11H17N3O3S/c15-18(16)4-2-8(7-18)5-10-13-11(14-17-10)9-1-3-12-6-9/h8-9,12H,1-7H2. The number of nitrogens with one attached hydrogen (secondary N) is 1. The van der Waals surface area contributed by atoms with Crippen LogP contribution >= 0.6 is 0 Å². The molecule has 2 atom stereocenters. The van der Waals surface area contributed by atoms with Crippen LogP contribution in [-0.2, 0) is 16.3 Å². The number of hydrogen-bond acceptors (Lipinski definition) is 6. The van der Waals surface area contributed by atoms with Crippen molar-refractivity contribution in [2.75, 3.05) is 24.6 Å². The first kappa shape index (κ1) is 12.1. The Morgan fingerprint density at radius 1 is 1.39 bits per heavy atom. The van der Waals surface area contributed by atoms with E-state index in [0.717, 1.165) is 25.3 Å². The molecule has 0 aliphatic carbocycles. The van der Waals surface area contributed by atoms with E-state index in [-0.39, 0.29) is 11.7 Å². The fourth-order valence-electron chi connectivity index (χ4n) is 2.67. The summed E-state index contributed by atoms with van der Waals surface area (Å²) in [5, 5.41) is 7.26. The van der Waals surface area contributed by atoms with Gasteiger partial charge in [-0.05, 0) is 25.3 Å². The molecule has 1 aromatic rings. The van der Waals surface area contributed by atoms with E-state index in [1.165, 1.54) is 0 Å². The van der Waals surface area contributed by atoms with Crippen molar-refractivity contribution in [3.8, 4) is 0 Å². The number of sulfone groups is 1. The number of rotatable bonds is 3. The zero-order valence-electron chi connectivity index (χ0n) is 10.1. The Bertz CT molecular complexity index is 519. The van der Waals surface area contributed by atoms with Crippen molar-refractivity contribution in [1.29, 1.82) is 0 Å². The lowest BCUT2D eigenvalue weighted by atomic mass is 10.1. The highest BCUT2D eigenvalue weighted by molar-refractivity contribution is 7.91. The van der Waals surface area contributed by atoms with Crippen molar-refractivity contribution < 1.29 is 12.9 Å². The SMILES string of the molecule is O=S1(=O)CCC(Cc2nc(C3CCNC3)no2)C1. The van der Waals surface area contributed by atoms with E-state index in [1.54, 1.807) is 0 Å². The summed E-state index contributed by atoms with van der Waals surface area (Å²) in [6.45, 7) is 1.90. The van der Waals surface area contributed by atoms with E-state index in [0.29, 0.717) is 30.4 Å². The van der Waals surface area contributed by atoms with Gasteiger partial charge in [-0.3, -0.25) is 0 Å². The van der Waals surface area contributed by atoms with Gasteiger partial charge in [-0.15, -0.1) is 0 Å². The second kappa shape index (κ2) is 4.62. The number of hydrogen-bond donors (Lipinski definition) is 1. The van der Waals surface area contributed by atoms with Crippen LogP contribution in [0.2, 0.25) is 0 Å². The maximum Gasteiger partial charge on any atom is 0.226 e. The Balaban J connectivity index is 1.63. The lowest BCUT2D eigenvalue weighted by molar-refractivity contribution is 0.353. The van der Waals surface area contributed by atoms with Gasteiger partial charge < -0.3 is 9.84 Å². The van der Waals surface area contributed by atoms with Crippen LogP contribution in [0.4, 0.5) is 0 Å². The van der Waals surface area contributed by atoms with Crippen molar-refractivity contribution >= 4 is 9.84 Å². The summed E-state index contributed by atoms with van der Waals surface area (Å²) < 4.78 is 28.0. The summed E-state index contributed by atoms with van der Waals surface area (Å²) in [6, 6.07) is 0. The van der Waals surface area contributed by atoms with Gasteiger partial charge in [0.05, 0.1) is 11.5 Å². The zero-order chi connectivity index (χ0) is 12.6. The first-order chi connectivity index (χ1) is 8.62. The van der Waals surface area contributed by atoms with Crippen LogP contribution < -0.4 is 5.32 Å². The average molecular weight is 271 g/mol. The molecule has 2 saturated heterocycles. The molecule has 1 aromatic heterocycles. The Hall–Kier alpha value is -0.950. The van der Waals surface area contributed by atoms with Gasteiger partial charge in [0.15, 0.2) is 15.7 Å². The van der Waals surface area contributed by atoms with E-state index in [4.69, 9.17) is 4.52 Å². The van der Waals surface area contributed by atoms with E-state index in [2.05, 4.69) is 15.5 Å². The molecule has 3 rings (SSSR count). The topological polar surface area (TPSA) is 85.1 Å². The highest BCUT2D eigenvalue weighted by Crippen LogP contribution is 2.24. The van der Waals surface area contributed by atoms with Gasteiger partial charge in [-0.2, -0.15) is 4.98 Å². The Labute approximate surface area is 106 Å². The van der Waals surface area contributed by atoms with Gasteiger partial charge in [0, 0.05) is 18.9 Å². The van der Waals surface area contributed by atoms with Crippen molar-refractivity contribution in [3.05, 3.63) is 11.7 Å². The molecule has 2 unspecified atom stereocenters. The summed E-state index contributed by atoms with van der Waals surface area (Å²) in [7, 11) is -2.82. The van der Waals surface area contributed by atoms with E-state index >= 15 is 0 Å². The summed E-state index contributed by atoms with van der Waals surface area (Å²) in [4.78, 5) is 4.39. The molecular weight excluding hydrogens is 254 g/mol. The fraction of sp³-hybridized carbons (Fsp3) is 0.818. The second-order valence-electron chi connectivity index (χ2n) is 5.21. The van der Waals surface area contributed by atoms with Gasteiger partial charge in [0.1, 0.15) is 0 Å².